The van der Waals surface area contributed by atoms with Crippen molar-refractivity contribution in [1.82, 2.24) is 0 Å². The van der Waals surface area contributed by atoms with Crippen LogP contribution in [0.15, 0.2) is 36.4 Å². The van der Waals surface area contributed by atoms with Gasteiger partial charge in [0.15, 0.2) is 0 Å². The van der Waals surface area contributed by atoms with Crippen LogP contribution in [0.4, 0.5) is 11.4 Å². The van der Waals surface area contributed by atoms with Crippen LogP contribution in [0, 0.1) is 0 Å². The van der Waals surface area contributed by atoms with E-state index in [1.165, 1.54) is 43.5 Å². The Morgan fingerprint density at radius 1 is 1.13 bits per heavy atom. The summed E-state index contributed by atoms with van der Waals surface area (Å²) >= 11 is 12.1. The van der Waals surface area contributed by atoms with Crippen molar-refractivity contribution in [3.8, 4) is 5.75 Å². The molecule has 0 spiro atoms. The first-order valence-corrected chi connectivity index (χ1v) is 11.2. The maximum Gasteiger partial charge on any atom is 0.338 e. The van der Waals surface area contributed by atoms with E-state index in [0.717, 1.165) is 10.6 Å². The fourth-order valence-corrected chi connectivity index (χ4v) is 3.76. The number of nitrogens with zero attached hydrogens (tertiary/aromatic N) is 1. The van der Waals surface area contributed by atoms with Gasteiger partial charge in [0, 0.05) is 5.02 Å². The van der Waals surface area contributed by atoms with Gasteiger partial charge in [0.25, 0.3) is 0 Å². The highest BCUT2D eigenvalue weighted by Gasteiger charge is 2.25. The first-order chi connectivity index (χ1) is 14.1. The third-order valence-corrected chi connectivity index (χ3v) is 5.53. The van der Waals surface area contributed by atoms with Gasteiger partial charge in [0.1, 0.15) is 12.3 Å². The fraction of sp³-hybridized carbons (Fsp3) is 0.263. The molecule has 0 fully saturated rings. The lowest BCUT2D eigenvalue weighted by Gasteiger charge is -2.24. The SMILES string of the molecule is CCOC(=O)c1ccc(NC(=O)CN(c2cc(Cl)ccc2OC)S(C)(=O)=O)c(Cl)c1. The van der Waals surface area contributed by atoms with Crippen LogP contribution in [-0.4, -0.2) is 46.8 Å². The number of carbonyl (C=O) groups is 2. The van der Waals surface area contributed by atoms with Gasteiger partial charge in [0.2, 0.25) is 15.9 Å². The summed E-state index contributed by atoms with van der Waals surface area (Å²) in [6, 6.07) is 8.64. The summed E-state index contributed by atoms with van der Waals surface area (Å²) in [5.74, 6) is -0.976. The smallest absolute Gasteiger partial charge is 0.338 e. The van der Waals surface area contributed by atoms with Crippen molar-refractivity contribution in [1.29, 1.82) is 0 Å². The Labute approximate surface area is 184 Å². The van der Waals surface area contributed by atoms with E-state index in [0.29, 0.717) is 0 Å². The molecule has 0 aliphatic heterocycles. The zero-order valence-corrected chi connectivity index (χ0v) is 18.8. The minimum atomic E-state index is -3.85. The Hall–Kier alpha value is -2.49. The molecule has 0 saturated heterocycles. The molecule has 1 N–H and O–H groups in total. The molecule has 0 radical (unpaired) electrons. The van der Waals surface area contributed by atoms with Gasteiger partial charge in [-0.05, 0) is 43.3 Å². The number of sulfonamides is 1. The molecule has 0 aliphatic carbocycles. The molecule has 0 bridgehead atoms. The van der Waals surface area contributed by atoms with E-state index in [9.17, 15) is 18.0 Å². The number of carbonyl (C=O) groups excluding carboxylic acids is 2. The quantitative estimate of drug-likeness (QED) is 0.586. The second-order valence-electron chi connectivity index (χ2n) is 6.05. The van der Waals surface area contributed by atoms with Gasteiger partial charge in [-0.1, -0.05) is 23.2 Å². The summed E-state index contributed by atoms with van der Waals surface area (Å²) in [6.45, 7) is 1.34. The van der Waals surface area contributed by atoms with E-state index in [-0.39, 0.29) is 39.3 Å². The Kier molecular flexibility index (Phi) is 7.94. The van der Waals surface area contributed by atoms with Gasteiger partial charge < -0.3 is 14.8 Å². The van der Waals surface area contributed by atoms with Crippen LogP contribution in [0.5, 0.6) is 5.75 Å². The predicted octanol–water partition coefficient (Wildman–Crippen LogP) is 3.58. The second kappa shape index (κ2) is 10.0. The number of hydrogen-bond donors (Lipinski definition) is 1. The van der Waals surface area contributed by atoms with Gasteiger partial charge in [-0.15, -0.1) is 0 Å². The monoisotopic (exact) mass is 474 g/mol. The molecular formula is C19H20Cl2N2O6S. The molecule has 11 heteroatoms. The maximum absolute atomic E-state index is 12.6. The number of esters is 1. The molecule has 2 aromatic rings. The van der Waals surface area contributed by atoms with Crippen molar-refractivity contribution in [2.24, 2.45) is 0 Å². The van der Waals surface area contributed by atoms with Gasteiger partial charge in [0.05, 0.1) is 41.9 Å². The van der Waals surface area contributed by atoms with E-state index in [4.69, 9.17) is 32.7 Å². The van der Waals surface area contributed by atoms with Crippen molar-refractivity contribution in [3.63, 3.8) is 0 Å². The molecule has 0 atom stereocenters. The van der Waals surface area contributed by atoms with Crippen molar-refractivity contribution in [2.45, 2.75) is 6.92 Å². The molecule has 0 unspecified atom stereocenters. The Morgan fingerprint density at radius 3 is 2.40 bits per heavy atom. The first kappa shape index (κ1) is 23.8. The van der Waals surface area contributed by atoms with Gasteiger partial charge >= 0.3 is 5.97 Å². The number of benzene rings is 2. The molecule has 8 nitrogen and oxygen atoms in total. The molecule has 1 amide bonds. The molecule has 162 valence electrons. The first-order valence-electron chi connectivity index (χ1n) is 8.64. The van der Waals surface area contributed by atoms with Crippen molar-refractivity contribution in [3.05, 3.63) is 52.0 Å². The zero-order chi connectivity index (χ0) is 22.5. The fourth-order valence-electron chi connectivity index (χ4n) is 2.52. The Balaban J connectivity index is 2.26. The van der Waals surface area contributed by atoms with Crippen molar-refractivity contribution in [2.75, 3.05) is 36.1 Å². The number of nitrogens with one attached hydrogen (secondary N) is 1. The van der Waals surface area contributed by atoms with Crippen molar-refractivity contribution >= 4 is 56.5 Å². The standard InChI is InChI=1S/C19H20Cl2N2O6S/c1-4-29-19(25)12-5-7-15(14(21)9-12)22-18(24)11-23(30(3,26)27)16-10-13(20)6-8-17(16)28-2/h5-10H,4,11H2,1-3H3,(H,22,24). The normalized spacial score (nSPS) is 11.0. The molecule has 0 aromatic heterocycles. The van der Waals surface area contributed by atoms with Crippen LogP contribution in [0.1, 0.15) is 17.3 Å². The molecule has 30 heavy (non-hydrogen) atoms. The minimum absolute atomic E-state index is 0.0974. The Morgan fingerprint density at radius 2 is 1.83 bits per heavy atom. The highest BCUT2D eigenvalue weighted by Crippen LogP contribution is 2.33. The average molecular weight is 475 g/mol. The zero-order valence-electron chi connectivity index (χ0n) is 16.4. The van der Waals surface area contributed by atoms with Gasteiger partial charge in [-0.2, -0.15) is 0 Å². The average Bonchev–Trinajstić information content (AvgIpc) is 2.67. The van der Waals surface area contributed by atoms with Crippen LogP contribution >= 0.6 is 23.2 Å². The van der Waals surface area contributed by atoms with E-state index >= 15 is 0 Å². The number of anilines is 2. The lowest BCUT2D eigenvalue weighted by Crippen LogP contribution is -2.37. The number of hydrogen-bond acceptors (Lipinski definition) is 6. The molecule has 0 saturated carbocycles. The summed E-state index contributed by atoms with van der Waals surface area (Å²) in [6.07, 6.45) is 0.960. The summed E-state index contributed by atoms with van der Waals surface area (Å²) in [7, 11) is -2.48. The van der Waals surface area contributed by atoms with E-state index in [1.807, 2.05) is 0 Å². The van der Waals surface area contributed by atoms with Crippen LogP contribution in [0.2, 0.25) is 10.0 Å². The summed E-state index contributed by atoms with van der Waals surface area (Å²) in [4.78, 5) is 24.3. The van der Waals surface area contributed by atoms with E-state index < -0.39 is 28.4 Å². The third kappa shape index (κ3) is 6.01. The topological polar surface area (TPSA) is 102 Å². The van der Waals surface area contributed by atoms with Crippen LogP contribution in [-0.2, 0) is 19.6 Å². The number of rotatable bonds is 8. The molecule has 0 aliphatic rings. The summed E-state index contributed by atoms with van der Waals surface area (Å²) in [5.41, 5.74) is 0.550. The second-order valence-corrected chi connectivity index (χ2v) is 8.80. The van der Waals surface area contributed by atoms with Crippen molar-refractivity contribution < 1.29 is 27.5 Å². The molecule has 0 heterocycles. The minimum Gasteiger partial charge on any atom is -0.495 e. The summed E-state index contributed by atoms with van der Waals surface area (Å²) < 4.78 is 35.6. The van der Waals surface area contributed by atoms with Crippen LogP contribution < -0.4 is 14.4 Å². The Bertz CT molecular complexity index is 1060. The van der Waals surface area contributed by atoms with Gasteiger partial charge in [-0.25, -0.2) is 13.2 Å². The van der Waals surface area contributed by atoms with E-state index in [2.05, 4.69) is 5.32 Å². The van der Waals surface area contributed by atoms with Crippen LogP contribution in [0.3, 0.4) is 0 Å². The highest BCUT2D eigenvalue weighted by molar-refractivity contribution is 7.92. The molecular weight excluding hydrogens is 455 g/mol. The number of amides is 1. The third-order valence-electron chi connectivity index (χ3n) is 3.85. The number of halogens is 2. The maximum atomic E-state index is 12.6. The number of methoxy groups -OCH3 is 1. The molecule has 2 rings (SSSR count). The lowest BCUT2D eigenvalue weighted by molar-refractivity contribution is -0.114. The largest absolute Gasteiger partial charge is 0.495 e. The number of ether oxygens (including phenoxy) is 2. The predicted molar refractivity (Wildman–Crippen MR) is 116 cm³/mol. The lowest BCUT2D eigenvalue weighted by atomic mass is 10.2. The van der Waals surface area contributed by atoms with Crippen LogP contribution in [0.25, 0.3) is 0 Å². The summed E-state index contributed by atoms with van der Waals surface area (Å²) in [5, 5.41) is 2.90. The molecule has 2 aromatic carbocycles. The van der Waals surface area contributed by atoms with E-state index in [1.54, 1.807) is 6.92 Å². The highest BCUT2D eigenvalue weighted by atomic mass is 35.5. The van der Waals surface area contributed by atoms with Gasteiger partial charge in [-0.3, -0.25) is 9.10 Å².